The summed E-state index contributed by atoms with van der Waals surface area (Å²) in [7, 11) is 0. The van der Waals surface area contributed by atoms with Crippen molar-refractivity contribution in [2.75, 3.05) is 0 Å². The Morgan fingerprint density at radius 3 is 2.00 bits per heavy atom. The van der Waals surface area contributed by atoms with Crippen LogP contribution in [0.5, 0.6) is 0 Å². The van der Waals surface area contributed by atoms with E-state index in [1.54, 1.807) is 0 Å². The first-order chi connectivity index (χ1) is 3.98. The normalized spacial score (nSPS) is 15.7. The molecule has 0 saturated heterocycles. The molecule has 1 nitrogen and oxygen atoms in total. The molecule has 0 fully saturated rings. The molecule has 0 amide bonds. The number of alkyl halides is 3. The van der Waals surface area contributed by atoms with E-state index in [0.717, 1.165) is 13.5 Å². The highest BCUT2D eigenvalue weighted by molar-refractivity contribution is 4.61. The van der Waals surface area contributed by atoms with Crippen molar-refractivity contribution in [2.45, 2.75) is 26.1 Å². The molecule has 0 aliphatic carbocycles. The molecule has 0 aliphatic rings. The Hall–Kier alpha value is -0.250. The second-order valence-corrected chi connectivity index (χ2v) is 1.56. The lowest BCUT2D eigenvalue weighted by Crippen LogP contribution is -2.27. The van der Waals surface area contributed by atoms with E-state index in [-0.39, 0.29) is 0 Å². The summed E-state index contributed by atoms with van der Waals surface area (Å²) in [6.45, 7) is 3.39. The van der Waals surface area contributed by atoms with Crippen molar-refractivity contribution in [2.24, 2.45) is 0 Å². The number of hydrogen-bond donors (Lipinski definition) is 0. The molecule has 1 unspecified atom stereocenters. The molecule has 0 aromatic heterocycles. The number of rotatable bonds is 2. The first-order valence-corrected chi connectivity index (χ1v) is 2.48. The highest BCUT2D eigenvalue weighted by atomic mass is 19.4. The molecule has 1 radical (unpaired) electrons. The van der Waals surface area contributed by atoms with Gasteiger partial charge in [0.25, 0.3) is 0 Å². The largest absolute Gasteiger partial charge is 0.414 e. The number of ether oxygens (including phenoxy) is 1. The standard InChI is InChI=1S/C5H8F3O/c1-3-9-4(2)5(6,7)8/h3-4H,1-2H3. The van der Waals surface area contributed by atoms with Gasteiger partial charge in [0, 0.05) is 0 Å². The fourth-order valence-corrected chi connectivity index (χ4v) is 0.281. The van der Waals surface area contributed by atoms with Crippen molar-refractivity contribution in [1.29, 1.82) is 0 Å². The Balaban J connectivity index is 3.59. The van der Waals surface area contributed by atoms with Gasteiger partial charge in [0.1, 0.15) is 0 Å². The van der Waals surface area contributed by atoms with Crippen LogP contribution < -0.4 is 0 Å². The van der Waals surface area contributed by atoms with E-state index in [1.807, 2.05) is 0 Å². The molecular formula is C5H8F3O. The number of halogens is 3. The minimum atomic E-state index is -4.24. The van der Waals surface area contributed by atoms with Crippen molar-refractivity contribution < 1.29 is 17.9 Å². The molecule has 0 aliphatic heterocycles. The molecule has 1 atom stereocenters. The summed E-state index contributed by atoms with van der Waals surface area (Å²) in [5.74, 6) is 0. The maximum absolute atomic E-state index is 11.5. The van der Waals surface area contributed by atoms with E-state index in [4.69, 9.17) is 0 Å². The third-order valence-electron chi connectivity index (χ3n) is 0.801. The maximum atomic E-state index is 11.5. The molecule has 0 heterocycles. The monoisotopic (exact) mass is 141 g/mol. The molecule has 55 valence electrons. The van der Waals surface area contributed by atoms with E-state index in [0.29, 0.717) is 0 Å². The fraction of sp³-hybridized carbons (Fsp3) is 0.800. The molecule has 0 spiro atoms. The van der Waals surface area contributed by atoms with E-state index in [1.165, 1.54) is 6.92 Å². The first-order valence-electron chi connectivity index (χ1n) is 2.48. The Kier molecular flexibility index (Phi) is 2.97. The first kappa shape index (κ1) is 8.75. The van der Waals surface area contributed by atoms with Gasteiger partial charge in [-0.3, -0.25) is 0 Å². The van der Waals surface area contributed by atoms with Crippen LogP contribution >= 0.6 is 0 Å². The minimum absolute atomic E-state index is 0.958. The summed E-state index contributed by atoms with van der Waals surface area (Å²) in [5.41, 5.74) is 0. The van der Waals surface area contributed by atoms with Crippen LogP contribution in [0.4, 0.5) is 13.2 Å². The lowest BCUT2D eigenvalue weighted by Gasteiger charge is -2.13. The van der Waals surface area contributed by atoms with E-state index >= 15 is 0 Å². The zero-order chi connectivity index (χ0) is 7.49. The van der Waals surface area contributed by atoms with Crippen molar-refractivity contribution >= 4 is 0 Å². The van der Waals surface area contributed by atoms with Gasteiger partial charge in [-0.2, -0.15) is 13.2 Å². The highest BCUT2D eigenvalue weighted by Gasteiger charge is 2.36. The second-order valence-electron chi connectivity index (χ2n) is 1.56. The summed E-state index contributed by atoms with van der Waals surface area (Å²) < 4.78 is 38.6. The van der Waals surface area contributed by atoms with Crippen LogP contribution in [0.3, 0.4) is 0 Å². The van der Waals surface area contributed by atoms with E-state index < -0.39 is 12.3 Å². The fourth-order valence-electron chi connectivity index (χ4n) is 0.281. The van der Waals surface area contributed by atoms with Crippen LogP contribution in [0.1, 0.15) is 13.8 Å². The molecule has 0 rings (SSSR count). The van der Waals surface area contributed by atoms with Crippen molar-refractivity contribution in [3.63, 3.8) is 0 Å². The summed E-state index contributed by atoms with van der Waals surface area (Å²) in [4.78, 5) is 0. The SMILES string of the molecule is C[CH]OC(C)C(F)(F)F. The van der Waals surface area contributed by atoms with E-state index in [2.05, 4.69) is 4.74 Å². The molecule has 0 aromatic rings. The average molecular weight is 141 g/mol. The van der Waals surface area contributed by atoms with Crippen LogP contribution in [0.25, 0.3) is 0 Å². The lowest BCUT2D eigenvalue weighted by atomic mass is 10.4. The summed E-state index contributed by atoms with van der Waals surface area (Å²) in [5, 5.41) is 0. The molecule has 0 aromatic carbocycles. The van der Waals surface area contributed by atoms with Gasteiger partial charge >= 0.3 is 6.18 Å². The average Bonchev–Trinajstić information content (AvgIpc) is 1.64. The van der Waals surface area contributed by atoms with Gasteiger partial charge < -0.3 is 4.74 Å². The third kappa shape index (κ3) is 3.35. The van der Waals surface area contributed by atoms with Crippen LogP contribution in [0, 0.1) is 6.61 Å². The van der Waals surface area contributed by atoms with Gasteiger partial charge in [-0.05, 0) is 13.8 Å². The molecule has 4 heteroatoms. The van der Waals surface area contributed by atoms with Gasteiger partial charge in [0.2, 0.25) is 0 Å². The van der Waals surface area contributed by atoms with Crippen LogP contribution in [0.15, 0.2) is 0 Å². The van der Waals surface area contributed by atoms with Crippen molar-refractivity contribution in [3.8, 4) is 0 Å². The summed E-state index contributed by atoms with van der Waals surface area (Å²) in [6, 6.07) is 0. The predicted octanol–water partition coefficient (Wildman–Crippen LogP) is 2.14. The van der Waals surface area contributed by atoms with E-state index in [9.17, 15) is 13.2 Å². The van der Waals surface area contributed by atoms with Crippen LogP contribution in [0.2, 0.25) is 0 Å². The van der Waals surface area contributed by atoms with Crippen molar-refractivity contribution in [3.05, 3.63) is 6.61 Å². The topological polar surface area (TPSA) is 9.23 Å². The Labute approximate surface area is 51.8 Å². The summed E-state index contributed by atoms with van der Waals surface area (Å²) in [6.07, 6.45) is -5.94. The Morgan fingerprint density at radius 1 is 1.44 bits per heavy atom. The highest BCUT2D eigenvalue weighted by Crippen LogP contribution is 2.22. The van der Waals surface area contributed by atoms with Gasteiger partial charge in [0.05, 0.1) is 6.61 Å². The van der Waals surface area contributed by atoms with Gasteiger partial charge in [0.15, 0.2) is 6.10 Å². The molecule has 9 heavy (non-hydrogen) atoms. The smallest absolute Gasteiger partial charge is 0.363 e. The minimum Gasteiger partial charge on any atom is -0.363 e. The van der Waals surface area contributed by atoms with Crippen molar-refractivity contribution in [1.82, 2.24) is 0 Å². The van der Waals surface area contributed by atoms with Gasteiger partial charge in [-0.25, -0.2) is 0 Å². The quantitative estimate of drug-likeness (QED) is 0.572. The zero-order valence-corrected chi connectivity index (χ0v) is 5.20. The Morgan fingerprint density at radius 2 is 1.89 bits per heavy atom. The predicted molar refractivity (Wildman–Crippen MR) is 26.6 cm³/mol. The molecule has 0 saturated carbocycles. The molecule has 0 N–H and O–H groups in total. The lowest BCUT2D eigenvalue weighted by molar-refractivity contribution is -0.204. The summed E-state index contributed by atoms with van der Waals surface area (Å²) >= 11 is 0. The van der Waals surface area contributed by atoms with Gasteiger partial charge in [-0.1, -0.05) is 0 Å². The maximum Gasteiger partial charge on any atom is 0.414 e. The van der Waals surface area contributed by atoms with Crippen LogP contribution in [-0.4, -0.2) is 12.3 Å². The second kappa shape index (κ2) is 3.06. The third-order valence-corrected chi connectivity index (χ3v) is 0.801. The van der Waals surface area contributed by atoms with Crippen LogP contribution in [-0.2, 0) is 4.74 Å². The zero-order valence-electron chi connectivity index (χ0n) is 5.20. The Bertz CT molecular complexity index is 78.8. The molecule has 0 bridgehead atoms. The molecular weight excluding hydrogens is 133 g/mol. The van der Waals surface area contributed by atoms with Gasteiger partial charge in [-0.15, -0.1) is 0 Å². The number of hydrogen-bond acceptors (Lipinski definition) is 1.